The Morgan fingerprint density at radius 2 is 1.60 bits per heavy atom. The highest BCUT2D eigenvalue weighted by Crippen LogP contribution is 2.30. The molecule has 0 aliphatic carbocycles. The SMILES string of the molecule is COc1ccccc1CCC(=O)Nc1ccc2c(c1)C(=O)N(c1ccccc1)C2=O. The number of carbonyl (C=O) groups is 3. The number of nitrogens with zero attached hydrogens (tertiary/aromatic N) is 1. The van der Waals surface area contributed by atoms with Crippen molar-refractivity contribution in [3.63, 3.8) is 0 Å². The average molecular weight is 400 g/mol. The molecule has 0 fully saturated rings. The molecular formula is C24H20N2O4. The average Bonchev–Trinajstić information content (AvgIpc) is 3.02. The predicted octanol–water partition coefficient (Wildman–Crippen LogP) is 4.07. The van der Waals surface area contributed by atoms with Crippen molar-refractivity contribution in [2.24, 2.45) is 0 Å². The van der Waals surface area contributed by atoms with Gasteiger partial charge in [0.2, 0.25) is 5.91 Å². The molecule has 30 heavy (non-hydrogen) atoms. The van der Waals surface area contributed by atoms with Gasteiger partial charge in [0.15, 0.2) is 0 Å². The summed E-state index contributed by atoms with van der Waals surface area (Å²) < 4.78 is 5.31. The molecule has 3 amide bonds. The van der Waals surface area contributed by atoms with Gasteiger partial charge in [-0.2, -0.15) is 0 Å². The van der Waals surface area contributed by atoms with Gasteiger partial charge in [0.25, 0.3) is 11.8 Å². The van der Waals surface area contributed by atoms with Crippen LogP contribution in [0.15, 0.2) is 72.8 Å². The van der Waals surface area contributed by atoms with Crippen LogP contribution in [0.1, 0.15) is 32.7 Å². The molecule has 0 atom stereocenters. The zero-order valence-corrected chi connectivity index (χ0v) is 16.4. The number of para-hydroxylation sites is 2. The highest BCUT2D eigenvalue weighted by Gasteiger charge is 2.36. The molecule has 0 radical (unpaired) electrons. The predicted molar refractivity (Wildman–Crippen MR) is 114 cm³/mol. The molecule has 4 rings (SSSR count). The number of nitrogens with one attached hydrogen (secondary N) is 1. The second kappa shape index (κ2) is 8.21. The minimum Gasteiger partial charge on any atom is -0.496 e. The van der Waals surface area contributed by atoms with Crippen LogP contribution < -0.4 is 15.0 Å². The fourth-order valence-corrected chi connectivity index (χ4v) is 3.51. The first-order valence-corrected chi connectivity index (χ1v) is 9.58. The van der Waals surface area contributed by atoms with Gasteiger partial charge in [-0.05, 0) is 48.4 Å². The van der Waals surface area contributed by atoms with Crippen LogP contribution in [0.25, 0.3) is 0 Å². The molecule has 0 aromatic heterocycles. The summed E-state index contributed by atoms with van der Waals surface area (Å²) in [7, 11) is 1.60. The third kappa shape index (κ3) is 3.67. The van der Waals surface area contributed by atoms with E-state index in [9.17, 15) is 14.4 Å². The van der Waals surface area contributed by atoms with E-state index in [-0.39, 0.29) is 23.8 Å². The van der Waals surface area contributed by atoms with Gasteiger partial charge in [0.1, 0.15) is 5.75 Å². The number of anilines is 2. The molecule has 0 saturated carbocycles. The fourth-order valence-electron chi connectivity index (χ4n) is 3.51. The minimum atomic E-state index is -0.397. The largest absolute Gasteiger partial charge is 0.496 e. The Labute approximate surface area is 174 Å². The number of fused-ring (bicyclic) bond motifs is 1. The van der Waals surface area contributed by atoms with E-state index in [1.54, 1.807) is 49.6 Å². The van der Waals surface area contributed by atoms with Crippen LogP contribution in [0.3, 0.4) is 0 Å². The van der Waals surface area contributed by atoms with Gasteiger partial charge in [0.05, 0.1) is 23.9 Å². The van der Waals surface area contributed by atoms with Crippen LogP contribution in [0.5, 0.6) is 5.75 Å². The van der Waals surface area contributed by atoms with E-state index in [0.717, 1.165) is 16.2 Å². The molecule has 6 nitrogen and oxygen atoms in total. The fraction of sp³-hybridized carbons (Fsp3) is 0.125. The van der Waals surface area contributed by atoms with Crippen LogP contribution >= 0.6 is 0 Å². The maximum atomic E-state index is 12.8. The number of hydrogen-bond acceptors (Lipinski definition) is 4. The third-order valence-corrected chi connectivity index (χ3v) is 5.00. The normalized spacial score (nSPS) is 12.6. The van der Waals surface area contributed by atoms with Gasteiger partial charge in [-0.1, -0.05) is 36.4 Å². The van der Waals surface area contributed by atoms with Gasteiger partial charge in [-0.15, -0.1) is 0 Å². The van der Waals surface area contributed by atoms with E-state index < -0.39 is 5.91 Å². The van der Waals surface area contributed by atoms with Crippen molar-refractivity contribution < 1.29 is 19.1 Å². The highest BCUT2D eigenvalue weighted by molar-refractivity contribution is 6.34. The number of rotatable bonds is 6. The molecule has 1 heterocycles. The van der Waals surface area contributed by atoms with Crippen molar-refractivity contribution >= 4 is 29.1 Å². The van der Waals surface area contributed by atoms with Gasteiger partial charge >= 0.3 is 0 Å². The molecule has 1 aliphatic heterocycles. The Morgan fingerprint density at radius 3 is 2.37 bits per heavy atom. The number of benzene rings is 3. The van der Waals surface area contributed by atoms with E-state index in [4.69, 9.17) is 4.74 Å². The number of imide groups is 1. The Morgan fingerprint density at radius 1 is 0.900 bits per heavy atom. The second-order valence-corrected chi connectivity index (χ2v) is 6.90. The minimum absolute atomic E-state index is 0.183. The van der Waals surface area contributed by atoms with E-state index in [0.29, 0.717) is 23.4 Å². The smallest absolute Gasteiger partial charge is 0.266 e. The maximum Gasteiger partial charge on any atom is 0.266 e. The second-order valence-electron chi connectivity index (χ2n) is 6.90. The van der Waals surface area contributed by atoms with Crippen LogP contribution in [0.2, 0.25) is 0 Å². The Balaban J connectivity index is 1.47. The van der Waals surface area contributed by atoms with E-state index >= 15 is 0 Å². The van der Waals surface area contributed by atoms with Crippen LogP contribution in [-0.4, -0.2) is 24.8 Å². The molecule has 3 aromatic rings. The molecule has 1 N–H and O–H groups in total. The van der Waals surface area contributed by atoms with Crippen molar-refractivity contribution in [1.82, 2.24) is 0 Å². The zero-order valence-electron chi connectivity index (χ0n) is 16.4. The molecule has 3 aromatic carbocycles. The number of aryl methyl sites for hydroxylation is 1. The summed E-state index contributed by atoms with van der Waals surface area (Å²) in [5.74, 6) is -0.202. The van der Waals surface area contributed by atoms with Crippen molar-refractivity contribution in [3.05, 3.63) is 89.5 Å². The van der Waals surface area contributed by atoms with Crippen LogP contribution in [-0.2, 0) is 11.2 Å². The summed E-state index contributed by atoms with van der Waals surface area (Å²) in [6, 6.07) is 21.1. The number of amides is 3. The maximum absolute atomic E-state index is 12.8. The topological polar surface area (TPSA) is 75.7 Å². The van der Waals surface area contributed by atoms with Crippen LogP contribution in [0, 0.1) is 0 Å². The summed E-state index contributed by atoms with van der Waals surface area (Å²) in [4.78, 5) is 39.0. The summed E-state index contributed by atoms with van der Waals surface area (Å²) in [5.41, 5.74) is 2.56. The Bertz CT molecular complexity index is 1130. The number of ether oxygens (including phenoxy) is 1. The first-order chi connectivity index (χ1) is 14.6. The van der Waals surface area contributed by atoms with E-state index in [2.05, 4.69) is 5.32 Å². The Kier molecular flexibility index (Phi) is 5.30. The van der Waals surface area contributed by atoms with Gasteiger partial charge in [-0.3, -0.25) is 14.4 Å². The van der Waals surface area contributed by atoms with Gasteiger partial charge < -0.3 is 10.1 Å². The first kappa shape index (κ1) is 19.4. The van der Waals surface area contributed by atoms with Crippen molar-refractivity contribution in [2.45, 2.75) is 12.8 Å². The number of methoxy groups -OCH3 is 1. The quantitative estimate of drug-likeness (QED) is 0.633. The highest BCUT2D eigenvalue weighted by atomic mass is 16.5. The molecular weight excluding hydrogens is 380 g/mol. The van der Waals surface area contributed by atoms with Crippen molar-refractivity contribution in [2.75, 3.05) is 17.3 Å². The standard InChI is InChI=1S/C24H20N2O4/c1-30-21-10-6-5-7-16(21)11-14-22(27)25-17-12-13-19-20(15-17)24(29)26(23(19)28)18-8-3-2-4-9-18/h2-10,12-13,15H,11,14H2,1H3,(H,25,27). The molecule has 0 saturated heterocycles. The van der Waals surface area contributed by atoms with Crippen LogP contribution in [0.4, 0.5) is 11.4 Å². The molecule has 0 bridgehead atoms. The molecule has 0 unspecified atom stereocenters. The van der Waals surface area contributed by atoms with E-state index in [1.165, 1.54) is 0 Å². The lowest BCUT2D eigenvalue weighted by Crippen LogP contribution is -2.29. The third-order valence-electron chi connectivity index (χ3n) is 5.00. The number of hydrogen-bond donors (Lipinski definition) is 1. The lowest BCUT2D eigenvalue weighted by Gasteiger charge is -2.13. The van der Waals surface area contributed by atoms with Crippen molar-refractivity contribution in [3.8, 4) is 5.75 Å². The van der Waals surface area contributed by atoms with E-state index in [1.807, 2.05) is 30.3 Å². The number of carbonyl (C=O) groups excluding carboxylic acids is 3. The first-order valence-electron chi connectivity index (χ1n) is 9.58. The molecule has 6 heteroatoms. The molecule has 1 aliphatic rings. The van der Waals surface area contributed by atoms with Gasteiger partial charge in [-0.25, -0.2) is 4.90 Å². The molecule has 0 spiro atoms. The van der Waals surface area contributed by atoms with Gasteiger partial charge in [0, 0.05) is 12.1 Å². The molecule has 150 valence electrons. The summed E-state index contributed by atoms with van der Waals surface area (Å²) in [6.45, 7) is 0. The lowest BCUT2D eigenvalue weighted by atomic mass is 10.1. The lowest BCUT2D eigenvalue weighted by molar-refractivity contribution is -0.116. The van der Waals surface area contributed by atoms with Crippen molar-refractivity contribution in [1.29, 1.82) is 0 Å². The Hall–Kier alpha value is -3.93. The summed E-state index contributed by atoms with van der Waals surface area (Å²) in [6.07, 6.45) is 0.792. The monoisotopic (exact) mass is 400 g/mol. The summed E-state index contributed by atoms with van der Waals surface area (Å²) in [5, 5.41) is 2.81. The summed E-state index contributed by atoms with van der Waals surface area (Å²) >= 11 is 0. The zero-order chi connectivity index (χ0) is 21.1.